The third-order valence-corrected chi connectivity index (χ3v) is 6.21. The molecule has 1 aromatic rings. The Bertz CT molecular complexity index is 1180. The molecule has 4 aliphatic rings. The number of hydrogen-bond donors (Lipinski definition) is 2. The van der Waals surface area contributed by atoms with Crippen molar-refractivity contribution in [3.8, 4) is 6.01 Å². The van der Waals surface area contributed by atoms with Gasteiger partial charge in [0.05, 0.1) is 25.9 Å². The van der Waals surface area contributed by atoms with Gasteiger partial charge < -0.3 is 19.7 Å². The second-order valence-corrected chi connectivity index (χ2v) is 8.20. The number of rotatable bonds is 4. The Kier molecular flexibility index (Phi) is 5.27. The first kappa shape index (κ1) is 20.5. The molecule has 0 saturated heterocycles. The quantitative estimate of drug-likeness (QED) is 0.744. The van der Waals surface area contributed by atoms with Gasteiger partial charge in [-0.2, -0.15) is 9.97 Å². The number of fused-ring (bicyclic) bond motifs is 2. The van der Waals surface area contributed by atoms with Crippen molar-refractivity contribution < 1.29 is 19.7 Å². The Balaban J connectivity index is 1.53. The van der Waals surface area contributed by atoms with Crippen LogP contribution in [0.25, 0.3) is 11.1 Å². The standard InChI is InChI=1S/C25H25N3O4/c1-31-19-12-20(29)22(21(30)13-19)24-26-23(27-25(28-24)32-2)17-8-7-16-9-14-5-3-4-6-15(14)10-18(16)11-17/h3,5,7-10,12,18,21,29-30H,4,6,11,13H2,1-2H3. The van der Waals surface area contributed by atoms with Crippen LogP contribution in [0.3, 0.4) is 0 Å². The van der Waals surface area contributed by atoms with Crippen LogP contribution in [0.5, 0.6) is 6.01 Å². The van der Waals surface area contributed by atoms with Crippen LogP contribution in [0.2, 0.25) is 0 Å². The highest BCUT2D eigenvalue weighted by molar-refractivity contribution is 5.72. The maximum Gasteiger partial charge on any atom is 0.320 e. The summed E-state index contributed by atoms with van der Waals surface area (Å²) in [5.74, 6) is 1.31. The molecule has 0 radical (unpaired) electrons. The maximum absolute atomic E-state index is 10.6. The molecule has 2 unspecified atom stereocenters. The fourth-order valence-electron chi connectivity index (χ4n) is 4.53. The van der Waals surface area contributed by atoms with Crippen molar-refractivity contribution in [1.82, 2.24) is 15.0 Å². The van der Waals surface area contributed by atoms with Gasteiger partial charge in [-0.1, -0.05) is 36.5 Å². The smallest absolute Gasteiger partial charge is 0.320 e. The Morgan fingerprint density at radius 1 is 0.969 bits per heavy atom. The lowest BCUT2D eigenvalue weighted by Gasteiger charge is -2.28. The summed E-state index contributed by atoms with van der Waals surface area (Å²) in [6, 6.07) is 0.135. The number of nitrogens with zero attached hydrogens (tertiary/aromatic N) is 3. The Morgan fingerprint density at radius 3 is 2.59 bits per heavy atom. The minimum atomic E-state index is -0.993. The van der Waals surface area contributed by atoms with E-state index in [1.165, 1.54) is 37.0 Å². The largest absolute Gasteiger partial charge is 0.507 e. The van der Waals surface area contributed by atoms with E-state index in [9.17, 15) is 10.2 Å². The Labute approximate surface area is 186 Å². The van der Waals surface area contributed by atoms with Crippen LogP contribution in [0, 0.1) is 5.92 Å². The number of methoxy groups -OCH3 is 2. The number of ether oxygens (including phenoxy) is 2. The lowest BCUT2D eigenvalue weighted by atomic mass is 9.77. The summed E-state index contributed by atoms with van der Waals surface area (Å²) in [6.45, 7) is 0. The van der Waals surface area contributed by atoms with Gasteiger partial charge in [-0.3, -0.25) is 0 Å². The third kappa shape index (κ3) is 3.69. The first-order chi connectivity index (χ1) is 15.6. The molecule has 4 aliphatic carbocycles. The lowest BCUT2D eigenvalue weighted by Crippen LogP contribution is -2.20. The van der Waals surface area contributed by atoms with Crippen LogP contribution in [0.15, 0.2) is 70.8 Å². The van der Waals surface area contributed by atoms with Gasteiger partial charge in [-0.15, -0.1) is 0 Å². The van der Waals surface area contributed by atoms with Gasteiger partial charge in [0.1, 0.15) is 11.5 Å². The van der Waals surface area contributed by atoms with E-state index in [1.807, 2.05) is 6.08 Å². The van der Waals surface area contributed by atoms with Crippen molar-refractivity contribution in [3.05, 3.63) is 82.4 Å². The molecular formula is C25H25N3O4. The normalized spacial score (nSPS) is 24.4. The van der Waals surface area contributed by atoms with Crippen LogP contribution in [-0.2, 0) is 4.74 Å². The van der Waals surface area contributed by atoms with E-state index in [2.05, 4.69) is 45.3 Å². The summed E-state index contributed by atoms with van der Waals surface area (Å²) in [5, 5.41) is 21.1. The summed E-state index contributed by atoms with van der Waals surface area (Å²) in [6.07, 6.45) is 16.8. The van der Waals surface area contributed by atoms with E-state index in [4.69, 9.17) is 9.47 Å². The van der Waals surface area contributed by atoms with Crippen LogP contribution >= 0.6 is 0 Å². The predicted octanol–water partition coefficient (Wildman–Crippen LogP) is 3.99. The number of allylic oxidation sites excluding steroid dienone is 11. The number of aliphatic hydroxyl groups excluding tert-OH is 2. The van der Waals surface area contributed by atoms with Gasteiger partial charge in [-0.25, -0.2) is 4.98 Å². The molecule has 7 heteroatoms. The SMILES string of the molecule is COC1=CC(O)=C(c2nc(OC)nc(C3=CC=C4C=C5C=CCCC5=CC4C3)n2)C(O)C1. The highest BCUT2D eigenvalue weighted by Gasteiger charge is 2.29. The van der Waals surface area contributed by atoms with E-state index < -0.39 is 6.10 Å². The summed E-state index contributed by atoms with van der Waals surface area (Å²) < 4.78 is 10.5. The Hall–Kier alpha value is -3.45. The van der Waals surface area contributed by atoms with Crippen LogP contribution in [-0.4, -0.2) is 45.5 Å². The van der Waals surface area contributed by atoms with Gasteiger partial charge in [-0.05, 0) is 41.6 Å². The summed E-state index contributed by atoms with van der Waals surface area (Å²) in [5.41, 5.74) is 5.17. The van der Waals surface area contributed by atoms with Crippen molar-refractivity contribution in [3.63, 3.8) is 0 Å². The number of aliphatic hydroxyl groups is 2. The molecule has 1 heterocycles. The van der Waals surface area contributed by atoms with Gasteiger partial charge >= 0.3 is 6.01 Å². The van der Waals surface area contributed by atoms with E-state index in [-0.39, 0.29) is 35.5 Å². The highest BCUT2D eigenvalue weighted by atomic mass is 16.5. The van der Waals surface area contributed by atoms with Crippen molar-refractivity contribution >= 4 is 11.1 Å². The van der Waals surface area contributed by atoms with Gasteiger partial charge in [0.15, 0.2) is 11.6 Å². The van der Waals surface area contributed by atoms with Crippen molar-refractivity contribution in [2.45, 2.75) is 31.8 Å². The summed E-state index contributed by atoms with van der Waals surface area (Å²) >= 11 is 0. The molecule has 0 amide bonds. The predicted molar refractivity (Wildman–Crippen MR) is 120 cm³/mol. The molecule has 2 N–H and O–H groups in total. The summed E-state index contributed by atoms with van der Waals surface area (Å²) in [4.78, 5) is 13.4. The van der Waals surface area contributed by atoms with Gasteiger partial charge in [0, 0.05) is 18.4 Å². The second-order valence-electron chi connectivity index (χ2n) is 8.20. The molecule has 5 rings (SSSR count). The molecule has 0 spiro atoms. The zero-order valence-electron chi connectivity index (χ0n) is 18.1. The second kappa shape index (κ2) is 8.24. The zero-order valence-corrected chi connectivity index (χ0v) is 18.1. The molecule has 0 fully saturated rings. The lowest BCUT2D eigenvalue weighted by molar-refractivity contribution is 0.181. The van der Waals surface area contributed by atoms with Crippen molar-refractivity contribution in [2.24, 2.45) is 5.92 Å². The average molecular weight is 431 g/mol. The zero-order chi connectivity index (χ0) is 22.2. The third-order valence-electron chi connectivity index (χ3n) is 6.21. The Morgan fingerprint density at radius 2 is 1.81 bits per heavy atom. The molecule has 0 aliphatic heterocycles. The molecule has 0 aromatic carbocycles. The molecular weight excluding hydrogens is 406 g/mol. The van der Waals surface area contributed by atoms with Crippen molar-refractivity contribution in [1.29, 1.82) is 0 Å². The molecule has 7 nitrogen and oxygen atoms in total. The molecule has 0 bridgehead atoms. The summed E-state index contributed by atoms with van der Waals surface area (Å²) in [7, 11) is 2.99. The topological polar surface area (TPSA) is 97.6 Å². The molecule has 164 valence electrons. The number of hydrogen-bond acceptors (Lipinski definition) is 7. The van der Waals surface area contributed by atoms with Crippen molar-refractivity contribution in [2.75, 3.05) is 14.2 Å². The van der Waals surface area contributed by atoms with E-state index in [1.54, 1.807) is 0 Å². The van der Waals surface area contributed by atoms with Gasteiger partial charge in [0.25, 0.3) is 0 Å². The fraction of sp³-hybridized carbons (Fsp3) is 0.320. The first-order valence-electron chi connectivity index (χ1n) is 10.7. The van der Waals surface area contributed by atoms with Crippen LogP contribution in [0.4, 0.5) is 0 Å². The van der Waals surface area contributed by atoms with E-state index >= 15 is 0 Å². The average Bonchev–Trinajstić information content (AvgIpc) is 2.81. The molecule has 32 heavy (non-hydrogen) atoms. The maximum atomic E-state index is 10.6. The van der Waals surface area contributed by atoms with Gasteiger partial charge in [0.2, 0.25) is 0 Å². The highest BCUT2D eigenvalue weighted by Crippen LogP contribution is 2.40. The molecule has 1 aromatic heterocycles. The monoisotopic (exact) mass is 431 g/mol. The van der Waals surface area contributed by atoms with Crippen LogP contribution < -0.4 is 4.74 Å². The first-order valence-corrected chi connectivity index (χ1v) is 10.7. The van der Waals surface area contributed by atoms with E-state index in [0.717, 1.165) is 24.8 Å². The van der Waals surface area contributed by atoms with Crippen LogP contribution in [0.1, 0.15) is 37.3 Å². The molecule has 0 saturated carbocycles. The fourth-order valence-corrected chi connectivity index (χ4v) is 4.53. The minimum absolute atomic E-state index is 0.125. The molecule has 2 atom stereocenters. The number of aromatic nitrogens is 3. The minimum Gasteiger partial charge on any atom is -0.507 e. The van der Waals surface area contributed by atoms with E-state index in [0.29, 0.717) is 11.6 Å².